The van der Waals surface area contributed by atoms with E-state index in [0.717, 1.165) is 12.8 Å². The van der Waals surface area contributed by atoms with E-state index < -0.39 is 5.97 Å². The van der Waals surface area contributed by atoms with Gasteiger partial charge in [0.05, 0.1) is 12.5 Å². The van der Waals surface area contributed by atoms with E-state index in [1.165, 1.54) is 0 Å². The smallest absolute Gasteiger partial charge is 0.306 e. The molecule has 0 heterocycles. The van der Waals surface area contributed by atoms with Crippen LogP contribution in [0.2, 0.25) is 0 Å². The van der Waals surface area contributed by atoms with Crippen LogP contribution < -0.4 is 0 Å². The fourth-order valence-electron chi connectivity index (χ4n) is 3.13. The van der Waals surface area contributed by atoms with Crippen LogP contribution in [0.25, 0.3) is 0 Å². The number of amides is 1. The molecule has 0 unspecified atom stereocenters. The summed E-state index contributed by atoms with van der Waals surface area (Å²) >= 11 is 0. The number of aliphatic hydroxyl groups excluding tert-OH is 1. The van der Waals surface area contributed by atoms with Gasteiger partial charge >= 0.3 is 5.97 Å². The van der Waals surface area contributed by atoms with Crippen molar-refractivity contribution in [2.45, 2.75) is 58.4 Å². The molecule has 116 valence electrons. The van der Waals surface area contributed by atoms with Crippen LogP contribution in [0.15, 0.2) is 0 Å². The van der Waals surface area contributed by atoms with Gasteiger partial charge in [-0.2, -0.15) is 0 Å². The third kappa shape index (κ3) is 4.20. The molecule has 0 spiro atoms. The van der Waals surface area contributed by atoms with Gasteiger partial charge in [0.25, 0.3) is 0 Å². The number of aliphatic hydroxyl groups is 1. The zero-order valence-corrected chi connectivity index (χ0v) is 12.5. The first-order valence-corrected chi connectivity index (χ1v) is 7.69. The van der Waals surface area contributed by atoms with Gasteiger partial charge in [0.15, 0.2) is 0 Å². The molecule has 1 rings (SSSR count). The summed E-state index contributed by atoms with van der Waals surface area (Å²) < 4.78 is 0. The molecule has 0 aliphatic heterocycles. The second-order valence-corrected chi connectivity index (χ2v) is 5.61. The third-order valence-corrected chi connectivity index (χ3v) is 4.43. The summed E-state index contributed by atoms with van der Waals surface area (Å²) in [6.45, 7) is 4.46. The van der Waals surface area contributed by atoms with Crippen LogP contribution in [0.5, 0.6) is 0 Å². The van der Waals surface area contributed by atoms with Gasteiger partial charge in [0, 0.05) is 18.5 Å². The average Bonchev–Trinajstić information content (AvgIpc) is 2.47. The van der Waals surface area contributed by atoms with Crippen LogP contribution in [0.4, 0.5) is 0 Å². The van der Waals surface area contributed by atoms with Crippen LogP contribution in [-0.2, 0) is 9.59 Å². The monoisotopic (exact) mass is 285 g/mol. The minimum absolute atomic E-state index is 0.0211. The molecule has 1 fully saturated rings. The first-order valence-electron chi connectivity index (χ1n) is 7.69. The van der Waals surface area contributed by atoms with Crippen molar-refractivity contribution >= 4 is 11.9 Å². The van der Waals surface area contributed by atoms with E-state index in [4.69, 9.17) is 10.2 Å². The Bertz CT molecular complexity index is 320. The molecule has 0 aromatic carbocycles. The fraction of sp³-hybridized carbons (Fsp3) is 0.867. The largest absolute Gasteiger partial charge is 0.481 e. The lowest BCUT2D eigenvalue weighted by atomic mass is 9.81. The van der Waals surface area contributed by atoms with E-state index in [2.05, 4.69) is 0 Å². The van der Waals surface area contributed by atoms with Crippen molar-refractivity contribution in [3.05, 3.63) is 0 Å². The summed E-state index contributed by atoms with van der Waals surface area (Å²) in [6, 6.07) is 0.173. The van der Waals surface area contributed by atoms with Crippen LogP contribution in [0, 0.1) is 11.8 Å². The van der Waals surface area contributed by atoms with Crippen molar-refractivity contribution in [3.63, 3.8) is 0 Å². The topological polar surface area (TPSA) is 77.8 Å². The normalized spacial score (nSPS) is 22.8. The fourth-order valence-corrected chi connectivity index (χ4v) is 3.13. The minimum atomic E-state index is -0.747. The highest BCUT2D eigenvalue weighted by Gasteiger charge is 2.33. The number of carbonyl (C=O) groups is 2. The van der Waals surface area contributed by atoms with Crippen molar-refractivity contribution in [3.8, 4) is 0 Å². The molecule has 0 aromatic heterocycles. The Kier molecular flexibility index (Phi) is 6.99. The minimum Gasteiger partial charge on any atom is -0.481 e. The number of hydrogen-bond acceptors (Lipinski definition) is 3. The molecular weight excluding hydrogens is 258 g/mol. The molecular formula is C15H27NO4. The lowest BCUT2D eigenvalue weighted by Crippen LogP contribution is -2.45. The van der Waals surface area contributed by atoms with Gasteiger partial charge in [-0.15, -0.1) is 0 Å². The standard InChI is InChI=1S/C15H27NO4/c1-3-13(4-2)16(9-10-17)14(18)11-5-7-12(8-6-11)15(19)20/h11-13,17H,3-10H2,1-2H3,(H,19,20). The SMILES string of the molecule is CCC(CC)N(CCO)C(=O)C1CCC(C(=O)O)CC1. The summed E-state index contributed by atoms with van der Waals surface area (Å²) in [6.07, 6.45) is 4.23. The summed E-state index contributed by atoms with van der Waals surface area (Å²) in [5, 5.41) is 18.2. The third-order valence-electron chi connectivity index (χ3n) is 4.43. The first-order chi connectivity index (χ1) is 9.54. The molecule has 2 N–H and O–H groups in total. The van der Waals surface area contributed by atoms with E-state index in [0.29, 0.717) is 32.2 Å². The number of carbonyl (C=O) groups excluding carboxylic acids is 1. The van der Waals surface area contributed by atoms with Crippen molar-refractivity contribution in [2.75, 3.05) is 13.2 Å². The maximum Gasteiger partial charge on any atom is 0.306 e. The van der Waals surface area contributed by atoms with Crippen molar-refractivity contribution in [1.82, 2.24) is 4.90 Å². The van der Waals surface area contributed by atoms with Crippen LogP contribution in [0.3, 0.4) is 0 Å². The molecule has 0 aromatic rings. The molecule has 1 aliphatic rings. The predicted molar refractivity (Wildman–Crippen MR) is 76.3 cm³/mol. The Morgan fingerprint density at radius 1 is 1.10 bits per heavy atom. The van der Waals surface area contributed by atoms with E-state index in [1.54, 1.807) is 4.90 Å². The number of carboxylic acids is 1. The molecule has 0 saturated heterocycles. The average molecular weight is 285 g/mol. The lowest BCUT2D eigenvalue weighted by molar-refractivity contribution is -0.146. The number of hydrogen-bond donors (Lipinski definition) is 2. The maximum atomic E-state index is 12.6. The van der Waals surface area contributed by atoms with E-state index >= 15 is 0 Å². The van der Waals surface area contributed by atoms with Crippen LogP contribution in [-0.4, -0.2) is 46.2 Å². The van der Waals surface area contributed by atoms with Gasteiger partial charge in [0.1, 0.15) is 0 Å². The number of aliphatic carboxylic acids is 1. The molecule has 1 saturated carbocycles. The van der Waals surface area contributed by atoms with Crippen molar-refractivity contribution < 1.29 is 19.8 Å². The Hall–Kier alpha value is -1.10. The Morgan fingerprint density at radius 2 is 1.60 bits per heavy atom. The van der Waals surface area contributed by atoms with Gasteiger partial charge in [-0.3, -0.25) is 9.59 Å². The molecule has 0 bridgehead atoms. The number of rotatable bonds is 7. The van der Waals surface area contributed by atoms with Gasteiger partial charge in [-0.1, -0.05) is 13.8 Å². The quantitative estimate of drug-likeness (QED) is 0.748. The molecule has 1 amide bonds. The van der Waals surface area contributed by atoms with Crippen molar-refractivity contribution in [2.24, 2.45) is 11.8 Å². The van der Waals surface area contributed by atoms with E-state index in [9.17, 15) is 9.59 Å². The molecule has 0 radical (unpaired) electrons. The zero-order chi connectivity index (χ0) is 15.1. The lowest BCUT2D eigenvalue weighted by Gasteiger charge is -2.35. The maximum absolute atomic E-state index is 12.6. The van der Waals surface area contributed by atoms with Crippen LogP contribution >= 0.6 is 0 Å². The highest BCUT2D eigenvalue weighted by Crippen LogP contribution is 2.31. The van der Waals surface area contributed by atoms with Gasteiger partial charge in [-0.25, -0.2) is 0 Å². The second kappa shape index (κ2) is 8.25. The Labute approximate surface area is 121 Å². The zero-order valence-electron chi connectivity index (χ0n) is 12.5. The Balaban J connectivity index is 2.64. The molecule has 1 aliphatic carbocycles. The predicted octanol–water partition coefficient (Wildman–Crippen LogP) is 1.89. The summed E-state index contributed by atoms with van der Waals surface area (Å²) in [7, 11) is 0. The molecule has 5 heteroatoms. The summed E-state index contributed by atoms with van der Waals surface area (Å²) in [4.78, 5) is 25.3. The van der Waals surface area contributed by atoms with Crippen molar-refractivity contribution in [1.29, 1.82) is 0 Å². The second-order valence-electron chi connectivity index (χ2n) is 5.61. The molecule has 5 nitrogen and oxygen atoms in total. The molecule has 0 atom stereocenters. The molecule has 20 heavy (non-hydrogen) atoms. The Morgan fingerprint density at radius 3 is 2.00 bits per heavy atom. The highest BCUT2D eigenvalue weighted by molar-refractivity contribution is 5.79. The van der Waals surface area contributed by atoms with Gasteiger partial charge < -0.3 is 15.1 Å². The highest BCUT2D eigenvalue weighted by atomic mass is 16.4. The number of nitrogens with zero attached hydrogens (tertiary/aromatic N) is 1. The van der Waals surface area contributed by atoms with Crippen LogP contribution in [0.1, 0.15) is 52.4 Å². The summed E-state index contributed by atoms with van der Waals surface area (Å²) in [5.41, 5.74) is 0. The van der Waals surface area contributed by atoms with E-state index in [1.807, 2.05) is 13.8 Å². The number of carboxylic acid groups (broad SMARTS) is 1. The van der Waals surface area contributed by atoms with E-state index in [-0.39, 0.29) is 30.4 Å². The first kappa shape index (κ1) is 17.0. The van der Waals surface area contributed by atoms with Gasteiger partial charge in [0.2, 0.25) is 5.91 Å². The summed E-state index contributed by atoms with van der Waals surface area (Å²) in [5.74, 6) is -1.02. The van der Waals surface area contributed by atoms with Gasteiger partial charge in [-0.05, 0) is 38.5 Å².